The molecule has 4 nitrogen and oxygen atoms in total. The fraction of sp³-hybridized carbons (Fsp3) is 0.933. The minimum atomic E-state index is -0.235. The van der Waals surface area contributed by atoms with Crippen molar-refractivity contribution in [3.05, 3.63) is 0 Å². The fourth-order valence-corrected chi connectivity index (χ4v) is 3.86. The van der Waals surface area contributed by atoms with Crippen LogP contribution in [0.2, 0.25) is 0 Å². The summed E-state index contributed by atoms with van der Waals surface area (Å²) in [5.74, 6) is 1.20. The van der Waals surface area contributed by atoms with Crippen LogP contribution in [0.5, 0.6) is 0 Å². The Kier molecular flexibility index (Phi) is 3.34. The van der Waals surface area contributed by atoms with Gasteiger partial charge in [-0.3, -0.25) is 4.79 Å². The minimum Gasteiger partial charge on any atom is -0.392 e. The van der Waals surface area contributed by atoms with Crippen molar-refractivity contribution in [2.45, 2.75) is 51.7 Å². The van der Waals surface area contributed by atoms with E-state index in [1.54, 1.807) is 0 Å². The number of likely N-dealkylation sites (tertiary alicyclic amines) is 1. The van der Waals surface area contributed by atoms with Gasteiger partial charge < -0.3 is 14.7 Å². The third kappa shape index (κ3) is 2.09. The zero-order chi connectivity index (χ0) is 13.6. The van der Waals surface area contributed by atoms with Crippen LogP contribution in [0.4, 0.5) is 0 Å². The Labute approximate surface area is 115 Å². The summed E-state index contributed by atoms with van der Waals surface area (Å²) >= 11 is 0. The molecule has 2 aliphatic carbocycles. The van der Waals surface area contributed by atoms with Gasteiger partial charge in [-0.05, 0) is 32.1 Å². The SMILES string of the molecule is CCOC1CC(O)C12CCN(C(=O)C1CC1C)CC2. The van der Waals surface area contributed by atoms with E-state index in [4.69, 9.17) is 4.74 Å². The maximum atomic E-state index is 12.2. The molecule has 2 saturated carbocycles. The molecule has 108 valence electrons. The number of aliphatic hydroxyl groups excluding tert-OH is 1. The van der Waals surface area contributed by atoms with Crippen LogP contribution in [0, 0.1) is 17.3 Å². The van der Waals surface area contributed by atoms with Crippen LogP contribution in [0.1, 0.15) is 39.5 Å². The van der Waals surface area contributed by atoms with E-state index in [1.807, 2.05) is 11.8 Å². The Morgan fingerprint density at radius 2 is 2.00 bits per heavy atom. The van der Waals surface area contributed by atoms with Crippen LogP contribution >= 0.6 is 0 Å². The Morgan fingerprint density at radius 1 is 1.37 bits per heavy atom. The van der Waals surface area contributed by atoms with Crippen molar-refractivity contribution in [2.75, 3.05) is 19.7 Å². The van der Waals surface area contributed by atoms with Gasteiger partial charge in [-0.2, -0.15) is 0 Å². The summed E-state index contributed by atoms with van der Waals surface area (Å²) in [6.45, 7) is 6.45. The molecule has 1 N–H and O–H groups in total. The van der Waals surface area contributed by atoms with Crippen molar-refractivity contribution >= 4 is 5.91 Å². The normalized spacial score (nSPS) is 40.1. The van der Waals surface area contributed by atoms with Gasteiger partial charge in [0.25, 0.3) is 0 Å². The van der Waals surface area contributed by atoms with Gasteiger partial charge in [0.05, 0.1) is 12.2 Å². The monoisotopic (exact) mass is 267 g/mol. The van der Waals surface area contributed by atoms with Gasteiger partial charge in [0.1, 0.15) is 0 Å². The van der Waals surface area contributed by atoms with Gasteiger partial charge in [-0.1, -0.05) is 6.92 Å². The van der Waals surface area contributed by atoms with Gasteiger partial charge in [0.2, 0.25) is 5.91 Å². The molecule has 4 heteroatoms. The molecule has 4 atom stereocenters. The van der Waals surface area contributed by atoms with E-state index in [0.717, 1.165) is 38.8 Å². The molecular formula is C15H25NO3. The van der Waals surface area contributed by atoms with Crippen LogP contribution in [-0.4, -0.2) is 47.8 Å². The molecule has 0 aromatic heterocycles. The smallest absolute Gasteiger partial charge is 0.225 e. The molecule has 0 aromatic rings. The number of aliphatic hydroxyl groups is 1. The molecule has 1 aliphatic heterocycles. The number of hydrogen-bond acceptors (Lipinski definition) is 3. The highest BCUT2D eigenvalue weighted by molar-refractivity contribution is 5.81. The molecule has 1 amide bonds. The van der Waals surface area contributed by atoms with E-state index in [2.05, 4.69) is 6.92 Å². The molecule has 3 aliphatic rings. The molecule has 3 rings (SSSR count). The summed E-state index contributed by atoms with van der Waals surface area (Å²) < 4.78 is 5.75. The van der Waals surface area contributed by atoms with Crippen LogP contribution < -0.4 is 0 Å². The number of piperidine rings is 1. The molecule has 4 unspecified atom stereocenters. The first-order chi connectivity index (χ1) is 9.08. The first-order valence-corrected chi connectivity index (χ1v) is 7.67. The summed E-state index contributed by atoms with van der Waals surface area (Å²) in [6.07, 6.45) is 3.58. The van der Waals surface area contributed by atoms with Crippen molar-refractivity contribution in [3.63, 3.8) is 0 Å². The predicted octanol–water partition coefficient (Wildman–Crippen LogP) is 1.42. The fourth-order valence-electron chi connectivity index (χ4n) is 3.86. The maximum Gasteiger partial charge on any atom is 0.225 e. The molecule has 1 spiro atoms. The van der Waals surface area contributed by atoms with Crippen molar-refractivity contribution in [3.8, 4) is 0 Å². The average Bonchev–Trinajstić information content (AvgIpc) is 3.15. The summed E-state index contributed by atoms with van der Waals surface area (Å²) in [4.78, 5) is 14.2. The Bertz CT molecular complexity index is 360. The van der Waals surface area contributed by atoms with Gasteiger partial charge in [-0.15, -0.1) is 0 Å². The van der Waals surface area contributed by atoms with E-state index >= 15 is 0 Å². The van der Waals surface area contributed by atoms with Crippen LogP contribution in [0.3, 0.4) is 0 Å². The average molecular weight is 267 g/mol. The molecule has 1 heterocycles. The van der Waals surface area contributed by atoms with Gasteiger partial charge in [0, 0.05) is 37.5 Å². The van der Waals surface area contributed by atoms with Crippen LogP contribution in [-0.2, 0) is 9.53 Å². The van der Waals surface area contributed by atoms with Crippen molar-refractivity contribution < 1.29 is 14.6 Å². The number of carbonyl (C=O) groups excluding carboxylic acids is 1. The molecule has 19 heavy (non-hydrogen) atoms. The standard InChI is InChI=1S/C15H25NO3/c1-3-19-13-9-12(17)15(13)4-6-16(7-5-15)14(18)11-8-10(11)2/h10-13,17H,3-9H2,1-2H3. The number of carbonyl (C=O) groups is 1. The van der Waals surface area contributed by atoms with Crippen LogP contribution in [0.15, 0.2) is 0 Å². The quantitative estimate of drug-likeness (QED) is 0.841. The van der Waals surface area contributed by atoms with E-state index in [1.165, 1.54) is 0 Å². The minimum absolute atomic E-state index is 0.0675. The number of hydrogen-bond donors (Lipinski definition) is 1. The van der Waals surface area contributed by atoms with Crippen molar-refractivity contribution in [1.82, 2.24) is 4.90 Å². The second-order valence-corrected chi connectivity index (χ2v) is 6.57. The van der Waals surface area contributed by atoms with Gasteiger partial charge in [-0.25, -0.2) is 0 Å². The Hall–Kier alpha value is -0.610. The summed E-state index contributed by atoms with van der Waals surface area (Å²) in [7, 11) is 0. The summed E-state index contributed by atoms with van der Waals surface area (Å²) in [6, 6.07) is 0. The number of ether oxygens (including phenoxy) is 1. The highest BCUT2D eigenvalue weighted by Crippen LogP contribution is 2.51. The number of amides is 1. The van der Waals surface area contributed by atoms with E-state index in [0.29, 0.717) is 18.4 Å². The van der Waals surface area contributed by atoms with E-state index in [-0.39, 0.29) is 23.5 Å². The highest BCUT2D eigenvalue weighted by Gasteiger charge is 2.56. The lowest BCUT2D eigenvalue weighted by Crippen LogP contribution is -2.62. The van der Waals surface area contributed by atoms with E-state index < -0.39 is 0 Å². The van der Waals surface area contributed by atoms with E-state index in [9.17, 15) is 9.90 Å². The lowest BCUT2D eigenvalue weighted by molar-refractivity contribution is -0.210. The molecule has 3 fully saturated rings. The van der Waals surface area contributed by atoms with Crippen LogP contribution in [0.25, 0.3) is 0 Å². The molecule has 1 saturated heterocycles. The highest BCUT2D eigenvalue weighted by atomic mass is 16.5. The van der Waals surface area contributed by atoms with Gasteiger partial charge in [0.15, 0.2) is 0 Å². The van der Waals surface area contributed by atoms with Crippen molar-refractivity contribution in [2.24, 2.45) is 17.3 Å². The molecule has 0 bridgehead atoms. The zero-order valence-corrected chi connectivity index (χ0v) is 12.0. The second-order valence-electron chi connectivity index (χ2n) is 6.57. The summed E-state index contributed by atoms with van der Waals surface area (Å²) in [5.41, 5.74) is -0.0675. The first kappa shape index (κ1) is 13.4. The lowest BCUT2D eigenvalue weighted by atomic mass is 9.58. The lowest BCUT2D eigenvalue weighted by Gasteiger charge is -2.56. The van der Waals surface area contributed by atoms with Crippen molar-refractivity contribution in [1.29, 1.82) is 0 Å². The zero-order valence-electron chi connectivity index (χ0n) is 12.0. The molecule has 0 aromatic carbocycles. The Balaban J connectivity index is 1.58. The topological polar surface area (TPSA) is 49.8 Å². The third-order valence-corrected chi connectivity index (χ3v) is 5.54. The Morgan fingerprint density at radius 3 is 2.47 bits per heavy atom. The predicted molar refractivity (Wildman–Crippen MR) is 71.6 cm³/mol. The maximum absolute atomic E-state index is 12.2. The molecular weight excluding hydrogens is 242 g/mol. The van der Waals surface area contributed by atoms with Gasteiger partial charge >= 0.3 is 0 Å². The second kappa shape index (κ2) is 4.74. The first-order valence-electron chi connectivity index (χ1n) is 7.67. The molecule has 0 radical (unpaired) electrons. The largest absolute Gasteiger partial charge is 0.392 e. The third-order valence-electron chi connectivity index (χ3n) is 5.54. The number of rotatable bonds is 3. The summed E-state index contributed by atoms with van der Waals surface area (Å²) in [5, 5.41) is 10.1. The number of nitrogens with zero attached hydrogens (tertiary/aromatic N) is 1.